The smallest absolute Gasteiger partial charge is 0.298 e. The largest absolute Gasteiger partial charge is 0.407 e. The van der Waals surface area contributed by atoms with Gasteiger partial charge in [-0.25, -0.2) is 4.98 Å². The lowest BCUT2D eigenvalue weighted by molar-refractivity contribution is -0.273. The molecule has 108 valence electrons. The van der Waals surface area contributed by atoms with Gasteiger partial charge in [-0.1, -0.05) is 0 Å². The van der Waals surface area contributed by atoms with Crippen LogP contribution in [0, 0.1) is 19.8 Å². The summed E-state index contributed by atoms with van der Waals surface area (Å²) in [5, 5.41) is -0.0431. The molecule has 1 rings (SSSR count). The third-order valence-corrected chi connectivity index (χ3v) is 3.45. The second-order valence-electron chi connectivity index (χ2n) is 3.91. The van der Waals surface area contributed by atoms with Crippen molar-refractivity contribution in [3.05, 3.63) is 15.6 Å². The van der Waals surface area contributed by atoms with Crippen molar-refractivity contribution >= 4 is 17.1 Å². The molecule has 0 radical (unpaired) electrons. The highest BCUT2D eigenvalue weighted by Crippen LogP contribution is 2.40. The maximum absolute atomic E-state index is 12.3. The van der Waals surface area contributed by atoms with E-state index in [9.17, 15) is 31.1 Å². The molecule has 0 amide bonds. The van der Waals surface area contributed by atoms with Crippen molar-refractivity contribution in [1.82, 2.24) is 4.98 Å². The van der Waals surface area contributed by atoms with Crippen LogP contribution in [0.3, 0.4) is 0 Å². The molecule has 19 heavy (non-hydrogen) atoms. The maximum Gasteiger partial charge on any atom is 0.407 e. The zero-order valence-electron chi connectivity index (χ0n) is 9.82. The van der Waals surface area contributed by atoms with Crippen LogP contribution in [-0.4, -0.2) is 23.1 Å². The number of carbonyl (C=O) groups is 1. The molecule has 0 spiro atoms. The summed E-state index contributed by atoms with van der Waals surface area (Å²) in [6, 6.07) is 0. The first-order valence-electron chi connectivity index (χ1n) is 5.02. The van der Waals surface area contributed by atoms with E-state index in [1.165, 1.54) is 0 Å². The minimum Gasteiger partial charge on any atom is -0.298 e. The van der Waals surface area contributed by atoms with E-state index in [1.54, 1.807) is 13.8 Å². The van der Waals surface area contributed by atoms with Crippen LogP contribution in [-0.2, 0) is 11.2 Å². The summed E-state index contributed by atoms with van der Waals surface area (Å²) in [7, 11) is 0. The molecule has 0 fully saturated rings. The van der Waals surface area contributed by atoms with Crippen LogP contribution in [0.5, 0.6) is 0 Å². The van der Waals surface area contributed by atoms with Crippen LogP contribution < -0.4 is 0 Å². The van der Waals surface area contributed by atoms with Gasteiger partial charge in [0.15, 0.2) is 5.78 Å². The van der Waals surface area contributed by atoms with Gasteiger partial charge in [-0.15, -0.1) is 11.3 Å². The first-order valence-corrected chi connectivity index (χ1v) is 5.83. The van der Waals surface area contributed by atoms with Gasteiger partial charge in [0.2, 0.25) is 5.92 Å². The summed E-state index contributed by atoms with van der Waals surface area (Å²) >= 11 is 0.915. The van der Waals surface area contributed by atoms with Gasteiger partial charge in [0.1, 0.15) is 5.01 Å². The molecule has 9 heteroatoms. The Hall–Kier alpha value is -1.12. The molecule has 0 N–H and O–H groups in total. The summed E-state index contributed by atoms with van der Waals surface area (Å²) in [6.45, 7) is 3.18. The van der Waals surface area contributed by atoms with Gasteiger partial charge in [0.05, 0.1) is 12.1 Å². The molecule has 0 saturated heterocycles. The number of rotatable bonds is 3. The van der Waals surface area contributed by atoms with Crippen LogP contribution in [0.15, 0.2) is 0 Å². The summed E-state index contributed by atoms with van der Waals surface area (Å²) in [6.07, 6.45) is -12.3. The van der Waals surface area contributed by atoms with Crippen LogP contribution in [0.2, 0.25) is 0 Å². The maximum atomic E-state index is 12.3. The Balaban J connectivity index is 2.96. The second kappa shape index (κ2) is 5.10. The monoisotopic (exact) mass is 305 g/mol. The van der Waals surface area contributed by atoms with E-state index in [0.717, 1.165) is 11.3 Å². The number of ketones is 1. The average Bonchev–Trinajstić information content (AvgIpc) is 2.39. The highest BCUT2D eigenvalue weighted by atomic mass is 32.1. The molecule has 0 aliphatic carbocycles. The zero-order chi connectivity index (χ0) is 15.0. The number of carbonyl (C=O) groups excluding carboxylic acids is 1. The molecule has 1 heterocycles. The normalized spacial score (nSPS) is 13.1. The Bertz CT molecular complexity index is 442. The number of aromatic nitrogens is 1. The fraction of sp³-hybridized carbons (Fsp3) is 0.600. The van der Waals surface area contributed by atoms with Gasteiger partial charge in [-0.2, -0.15) is 26.3 Å². The van der Waals surface area contributed by atoms with E-state index in [-0.39, 0.29) is 5.01 Å². The number of Topliss-reactive ketones (excluding diaryl/α,β-unsaturated/α-hetero) is 1. The van der Waals surface area contributed by atoms with Crippen molar-refractivity contribution in [3.8, 4) is 0 Å². The molecule has 0 atom stereocenters. The number of hydrogen-bond donors (Lipinski definition) is 0. The highest BCUT2D eigenvalue weighted by molar-refractivity contribution is 7.11. The number of aryl methyl sites for hydroxylation is 2. The lowest BCUT2D eigenvalue weighted by Gasteiger charge is -2.21. The van der Waals surface area contributed by atoms with Crippen molar-refractivity contribution in [2.24, 2.45) is 5.92 Å². The fourth-order valence-corrected chi connectivity index (χ4v) is 2.36. The fourth-order valence-electron chi connectivity index (χ4n) is 1.42. The first kappa shape index (κ1) is 15.9. The standard InChI is InChI=1S/C10H9F6NOS/c1-4-5(2)19-7(17-4)3-6(18)8(9(11,12)13)10(14,15)16/h8H,3H2,1-2H3. The Morgan fingerprint density at radius 1 is 1.16 bits per heavy atom. The summed E-state index contributed by atoms with van der Waals surface area (Å²) < 4.78 is 73.8. The minimum absolute atomic E-state index is 0.0431. The lowest BCUT2D eigenvalue weighted by atomic mass is 10.0. The predicted octanol–water partition coefficient (Wildman–Crippen LogP) is 3.61. The Morgan fingerprint density at radius 3 is 1.95 bits per heavy atom. The third-order valence-electron chi connectivity index (χ3n) is 2.37. The molecule has 2 nitrogen and oxygen atoms in total. The second-order valence-corrected chi connectivity index (χ2v) is 5.20. The SMILES string of the molecule is Cc1nc(CC(=O)C(C(F)(F)F)C(F)(F)F)sc1C. The summed E-state index contributed by atoms with van der Waals surface area (Å²) in [5.74, 6) is -5.89. The summed E-state index contributed by atoms with van der Waals surface area (Å²) in [4.78, 5) is 15.7. The quantitative estimate of drug-likeness (QED) is 0.799. The topological polar surface area (TPSA) is 30.0 Å². The third kappa shape index (κ3) is 3.92. The van der Waals surface area contributed by atoms with E-state index in [0.29, 0.717) is 10.6 Å². The molecule has 0 saturated carbocycles. The highest BCUT2D eigenvalue weighted by Gasteiger charge is 2.60. The number of hydrogen-bond acceptors (Lipinski definition) is 3. The predicted molar refractivity (Wildman–Crippen MR) is 55.9 cm³/mol. The van der Waals surface area contributed by atoms with E-state index in [4.69, 9.17) is 0 Å². The van der Waals surface area contributed by atoms with Crippen LogP contribution in [0.25, 0.3) is 0 Å². The number of thiazole rings is 1. The van der Waals surface area contributed by atoms with Gasteiger partial charge in [0, 0.05) is 4.88 Å². The van der Waals surface area contributed by atoms with Gasteiger partial charge in [0.25, 0.3) is 0 Å². The van der Waals surface area contributed by atoms with Gasteiger partial charge in [-0.05, 0) is 13.8 Å². The Kier molecular flexibility index (Phi) is 4.28. The molecule has 1 aromatic heterocycles. The molecule has 0 aliphatic rings. The van der Waals surface area contributed by atoms with E-state index < -0.39 is 30.5 Å². The number of alkyl halides is 6. The lowest BCUT2D eigenvalue weighted by Crippen LogP contribution is -2.43. The number of halogens is 6. The van der Waals surface area contributed by atoms with Gasteiger partial charge >= 0.3 is 12.4 Å². The molecule has 0 aromatic carbocycles. The van der Waals surface area contributed by atoms with Crippen LogP contribution in [0.4, 0.5) is 26.3 Å². The van der Waals surface area contributed by atoms with Crippen molar-refractivity contribution in [3.63, 3.8) is 0 Å². The molecule has 0 unspecified atom stereocenters. The summed E-state index contributed by atoms with van der Waals surface area (Å²) in [5.41, 5.74) is 0.489. The van der Waals surface area contributed by atoms with E-state index >= 15 is 0 Å². The molecule has 0 aliphatic heterocycles. The molecule has 1 aromatic rings. The molecular weight excluding hydrogens is 296 g/mol. The number of nitrogens with zero attached hydrogens (tertiary/aromatic N) is 1. The van der Waals surface area contributed by atoms with Gasteiger partial charge < -0.3 is 0 Å². The van der Waals surface area contributed by atoms with E-state index in [1.807, 2.05) is 0 Å². The molecular formula is C10H9F6NOS. The van der Waals surface area contributed by atoms with Crippen molar-refractivity contribution in [1.29, 1.82) is 0 Å². The zero-order valence-corrected chi connectivity index (χ0v) is 10.6. The van der Waals surface area contributed by atoms with Crippen molar-refractivity contribution in [2.45, 2.75) is 32.6 Å². The molecule has 0 bridgehead atoms. The van der Waals surface area contributed by atoms with E-state index in [2.05, 4.69) is 4.98 Å². The van der Waals surface area contributed by atoms with Gasteiger partial charge in [-0.3, -0.25) is 4.79 Å². The minimum atomic E-state index is -5.64. The van der Waals surface area contributed by atoms with Crippen molar-refractivity contribution in [2.75, 3.05) is 0 Å². The first-order chi connectivity index (χ1) is 8.43. The Labute approximate surface area is 108 Å². The van der Waals surface area contributed by atoms with Crippen LogP contribution in [0.1, 0.15) is 15.6 Å². The average molecular weight is 305 g/mol. The van der Waals surface area contributed by atoms with Crippen LogP contribution >= 0.6 is 11.3 Å². The Morgan fingerprint density at radius 2 is 1.63 bits per heavy atom. The van der Waals surface area contributed by atoms with Crippen molar-refractivity contribution < 1.29 is 31.1 Å².